The number of amides is 1. The Labute approximate surface area is 175 Å². The van der Waals surface area contributed by atoms with E-state index in [0.29, 0.717) is 6.54 Å². The highest BCUT2D eigenvalue weighted by Gasteiger charge is 2.05. The highest BCUT2D eigenvalue weighted by Crippen LogP contribution is 2.22. The van der Waals surface area contributed by atoms with Gasteiger partial charge in [-0.25, -0.2) is 4.79 Å². The fourth-order valence-electron chi connectivity index (χ4n) is 2.82. The number of hydrogen-bond acceptors (Lipinski definition) is 5. The predicted octanol–water partition coefficient (Wildman–Crippen LogP) is 3.73. The quantitative estimate of drug-likeness (QED) is 0.457. The number of fused-ring (bicyclic) bond motifs is 1. The Hall–Kier alpha value is -3.80. The number of ether oxygens (including phenoxy) is 3. The number of methoxy groups -OCH3 is 2. The average molecular weight is 405 g/mol. The smallest absolute Gasteiger partial charge is 0.331 e. The Kier molecular flexibility index (Phi) is 7.05. The molecule has 30 heavy (non-hydrogen) atoms. The van der Waals surface area contributed by atoms with Crippen molar-refractivity contribution >= 4 is 28.7 Å². The van der Waals surface area contributed by atoms with Gasteiger partial charge in [0.2, 0.25) is 0 Å². The first-order valence-electron chi connectivity index (χ1n) is 9.39. The zero-order chi connectivity index (χ0) is 21.3. The van der Waals surface area contributed by atoms with Crippen molar-refractivity contribution in [2.45, 2.75) is 6.54 Å². The first-order valence-corrected chi connectivity index (χ1v) is 9.39. The molecular weight excluding hydrogens is 382 g/mol. The Morgan fingerprint density at radius 1 is 0.867 bits per heavy atom. The maximum Gasteiger partial charge on any atom is 0.331 e. The monoisotopic (exact) mass is 405 g/mol. The molecule has 0 aliphatic carbocycles. The summed E-state index contributed by atoms with van der Waals surface area (Å²) < 4.78 is 15.3. The lowest BCUT2D eigenvalue weighted by atomic mass is 10.1. The molecule has 1 amide bonds. The van der Waals surface area contributed by atoms with E-state index in [-0.39, 0.29) is 12.5 Å². The molecule has 0 bridgehead atoms. The lowest BCUT2D eigenvalue weighted by molar-refractivity contribution is -0.143. The predicted molar refractivity (Wildman–Crippen MR) is 115 cm³/mol. The summed E-state index contributed by atoms with van der Waals surface area (Å²) in [5, 5.41) is 4.78. The fraction of sp³-hybridized carbons (Fsp3) is 0.167. The molecule has 154 valence electrons. The molecule has 0 saturated carbocycles. The molecule has 0 fully saturated rings. The van der Waals surface area contributed by atoms with Crippen LogP contribution in [0.2, 0.25) is 0 Å². The largest absolute Gasteiger partial charge is 0.497 e. The molecule has 3 aromatic carbocycles. The molecule has 1 N–H and O–H groups in total. The van der Waals surface area contributed by atoms with Crippen molar-refractivity contribution in [1.82, 2.24) is 5.32 Å². The molecule has 0 saturated heterocycles. The SMILES string of the molecule is COc1ccc(CNC(=O)COC(=O)/C=C/c2ccc3cc(OC)ccc3c2)cc1. The van der Waals surface area contributed by atoms with Crippen molar-refractivity contribution in [3.8, 4) is 11.5 Å². The molecule has 0 atom stereocenters. The number of carbonyl (C=O) groups is 2. The first-order chi connectivity index (χ1) is 14.6. The normalized spacial score (nSPS) is 10.7. The van der Waals surface area contributed by atoms with Crippen LogP contribution in [-0.2, 0) is 20.9 Å². The number of hydrogen-bond donors (Lipinski definition) is 1. The van der Waals surface area contributed by atoms with Crippen LogP contribution in [0.4, 0.5) is 0 Å². The standard InChI is InChI=1S/C24H23NO5/c1-28-21-9-4-18(5-10-21)15-25-23(26)16-30-24(27)12-6-17-3-7-20-14-22(29-2)11-8-19(20)13-17/h3-14H,15-16H2,1-2H3,(H,25,26)/b12-6+. The first kappa shape index (κ1) is 20.9. The molecule has 0 heterocycles. The lowest BCUT2D eigenvalue weighted by Crippen LogP contribution is -2.28. The summed E-state index contributed by atoms with van der Waals surface area (Å²) >= 11 is 0. The number of benzene rings is 3. The summed E-state index contributed by atoms with van der Waals surface area (Å²) in [7, 11) is 3.22. The van der Waals surface area contributed by atoms with E-state index in [1.54, 1.807) is 20.3 Å². The Bertz CT molecular complexity index is 1060. The summed E-state index contributed by atoms with van der Waals surface area (Å²) in [4.78, 5) is 23.8. The van der Waals surface area contributed by atoms with E-state index in [4.69, 9.17) is 14.2 Å². The number of esters is 1. The van der Waals surface area contributed by atoms with E-state index in [0.717, 1.165) is 33.4 Å². The highest BCUT2D eigenvalue weighted by molar-refractivity contribution is 5.91. The van der Waals surface area contributed by atoms with E-state index < -0.39 is 5.97 Å². The number of rotatable bonds is 8. The second-order valence-corrected chi connectivity index (χ2v) is 6.54. The molecular formula is C24H23NO5. The van der Waals surface area contributed by atoms with Crippen LogP contribution >= 0.6 is 0 Å². The molecule has 0 aromatic heterocycles. The van der Waals surface area contributed by atoms with Gasteiger partial charge in [0, 0.05) is 12.6 Å². The Balaban J connectivity index is 1.46. The molecule has 0 aliphatic heterocycles. The van der Waals surface area contributed by atoms with Gasteiger partial charge in [-0.05, 0) is 58.3 Å². The van der Waals surface area contributed by atoms with E-state index in [2.05, 4.69) is 5.32 Å². The molecule has 3 rings (SSSR count). The number of carbonyl (C=O) groups excluding carboxylic acids is 2. The second kappa shape index (κ2) is 10.1. The van der Waals surface area contributed by atoms with Crippen LogP contribution in [0, 0.1) is 0 Å². The van der Waals surface area contributed by atoms with Crippen LogP contribution in [0.25, 0.3) is 16.8 Å². The Morgan fingerprint density at radius 3 is 2.27 bits per heavy atom. The maximum atomic E-state index is 11.9. The fourth-order valence-corrected chi connectivity index (χ4v) is 2.82. The Morgan fingerprint density at radius 2 is 1.53 bits per heavy atom. The average Bonchev–Trinajstić information content (AvgIpc) is 2.79. The van der Waals surface area contributed by atoms with Crippen LogP contribution in [-0.4, -0.2) is 32.7 Å². The van der Waals surface area contributed by atoms with Crippen molar-refractivity contribution in [3.05, 3.63) is 77.9 Å². The van der Waals surface area contributed by atoms with Crippen molar-refractivity contribution in [2.75, 3.05) is 20.8 Å². The molecule has 0 unspecified atom stereocenters. The minimum absolute atomic E-state index is 0.336. The van der Waals surface area contributed by atoms with Gasteiger partial charge in [-0.3, -0.25) is 4.79 Å². The van der Waals surface area contributed by atoms with Gasteiger partial charge in [0.25, 0.3) is 5.91 Å². The third kappa shape index (κ3) is 5.85. The van der Waals surface area contributed by atoms with Crippen molar-refractivity contribution < 1.29 is 23.8 Å². The van der Waals surface area contributed by atoms with Gasteiger partial charge in [-0.1, -0.05) is 30.3 Å². The van der Waals surface area contributed by atoms with E-state index in [9.17, 15) is 9.59 Å². The van der Waals surface area contributed by atoms with Crippen molar-refractivity contribution in [1.29, 1.82) is 0 Å². The molecule has 0 aliphatic rings. The third-order valence-electron chi connectivity index (χ3n) is 4.48. The molecule has 3 aromatic rings. The van der Waals surface area contributed by atoms with E-state index >= 15 is 0 Å². The lowest BCUT2D eigenvalue weighted by Gasteiger charge is -2.06. The van der Waals surface area contributed by atoms with Gasteiger partial charge in [0.05, 0.1) is 14.2 Å². The molecule has 6 nitrogen and oxygen atoms in total. The molecule has 0 spiro atoms. The zero-order valence-electron chi connectivity index (χ0n) is 16.9. The minimum Gasteiger partial charge on any atom is -0.497 e. The van der Waals surface area contributed by atoms with Gasteiger partial charge in [-0.15, -0.1) is 0 Å². The third-order valence-corrected chi connectivity index (χ3v) is 4.48. The van der Waals surface area contributed by atoms with Gasteiger partial charge in [-0.2, -0.15) is 0 Å². The summed E-state index contributed by atoms with van der Waals surface area (Å²) in [5.41, 5.74) is 1.78. The minimum atomic E-state index is -0.579. The van der Waals surface area contributed by atoms with Crippen molar-refractivity contribution in [2.24, 2.45) is 0 Å². The van der Waals surface area contributed by atoms with Crippen molar-refractivity contribution in [3.63, 3.8) is 0 Å². The zero-order valence-corrected chi connectivity index (χ0v) is 16.9. The summed E-state index contributed by atoms with van der Waals surface area (Å²) in [6.07, 6.45) is 2.96. The second-order valence-electron chi connectivity index (χ2n) is 6.54. The summed E-state index contributed by atoms with van der Waals surface area (Å²) in [5.74, 6) is 0.591. The number of nitrogens with one attached hydrogen (secondary N) is 1. The van der Waals surface area contributed by atoms with Crippen LogP contribution in [0.1, 0.15) is 11.1 Å². The summed E-state index contributed by atoms with van der Waals surface area (Å²) in [6.45, 7) is 0.00886. The van der Waals surface area contributed by atoms with Gasteiger partial charge < -0.3 is 19.5 Å². The molecule has 6 heteroatoms. The topological polar surface area (TPSA) is 73.9 Å². The summed E-state index contributed by atoms with van der Waals surface area (Å²) in [6, 6.07) is 18.9. The maximum absolute atomic E-state index is 11.9. The van der Waals surface area contributed by atoms with Crippen LogP contribution in [0.3, 0.4) is 0 Å². The van der Waals surface area contributed by atoms with Crippen LogP contribution in [0.5, 0.6) is 11.5 Å². The van der Waals surface area contributed by atoms with Gasteiger partial charge in [0.1, 0.15) is 11.5 Å². The van der Waals surface area contributed by atoms with Gasteiger partial charge >= 0.3 is 5.97 Å². The van der Waals surface area contributed by atoms with Crippen LogP contribution in [0.15, 0.2) is 66.7 Å². The highest BCUT2D eigenvalue weighted by atomic mass is 16.5. The molecule has 0 radical (unpaired) electrons. The van der Waals surface area contributed by atoms with Crippen LogP contribution < -0.4 is 14.8 Å². The van der Waals surface area contributed by atoms with Gasteiger partial charge in [0.15, 0.2) is 6.61 Å². The van der Waals surface area contributed by atoms with E-state index in [1.807, 2.05) is 60.7 Å². The van der Waals surface area contributed by atoms with E-state index in [1.165, 1.54) is 6.08 Å².